The third-order valence-electron chi connectivity index (χ3n) is 6.24. The van der Waals surface area contributed by atoms with Crippen LogP contribution in [0, 0.1) is 0 Å². The standard InChI is InChI=1S/C24H30N2O3S/c1-2-18-14-15-22-21(16-18)20-12-8-9-13-23(20)30(28,29)26(22)17-24(27)25-19-10-6-4-3-5-7-11-19/h8-9,12-16,19H,2-7,10-11,17H2,1H3,(H,25,27). The van der Waals surface area contributed by atoms with Crippen molar-refractivity contribution in [2.75, 3.05) is 10.8 Å². The van der Waals surface area contributed by atoms with Crippen LogP contribution in [0.1, 0.15) is 57.4 Å². The van der Waals surface area contributed by atoms with Gasteiger partial charge in [0.1, 0.15) is 6.54 Å². The fourth-order valence-electron chi connectivity index (χ4n) is 4.57. The number of aryl methyl sites for hydroxylation is 1. The van der Waals surface area contributed by atoms with Crippen LogP contribution in [0.5, 0.6) is 0 Å². The number of nitrogens with one attached hydrogen (secondary N) is 1. The number of fused-ring (bicyclic) bond motifs is 3. The highest BCUT2D eigenvalue weighted by Crippen LogP contribution is 2.43. The number of sulfonamides is 1. The minimum absolute atomic E-state index is 0.138. The zero-order valence-electron chi connectivity index (χ0n) is 17.6. The second kappa shape index (κ2) is 8.80. The number of benzene rings is 2. The van der Waals surface area contributed by atoms with Gasteiger partial charge in [-0.2, -0.15) is 0 Å². The molecule has 1 aliphatic carbocycles. The van der Waals surface area contributed by atoms with E-state index >= 15 is 0 Å². The Kier molecular flexibility index (Phi) is 6.14. The summed E-state index contributed by atoms with van der Waals surface area (Å²) >= 11 is 0. The molecule has 1 aliphatic heterocycles. The predicted molar refractivity (Wildman–Crippen MR) is 120 cm³/mol. The Morgan fingerprint density at radius 2 is 1.70 bits per heavy atom. The van der Waals surface area contributed by atoms with Crippen LogP contribution in [0.15, 0.2) is 47.4 Å². The molecule has 0 aromatic heterocycles. The van der Waals surface area contributed by atoms with E-state index < -0.39 is 10.0 Å². The maximum atomic E-state index is 13.4. The summed E-state index contributed by atoms with van der Waals surface area (Å²) in [4.78, 5) is 13.2. The average molecular weight is 427 g/mol. The Balaban J connectivity index is 1.63. The van der Waals surface area contributed by atoms with Gasteiger partial charge in [-0.3, -0.25) is 9.10 Å². The number of hydrogen-bond donors (Lipinski definition) is 1. The summed E-state index contributed by atoms with van der Waals surface area (Å²) in [6.07, 6.45) is 8.71. The van der Waals surface area contributed by atoms with Gasteiger partial charge in [-0.1, -0.05) is 63.3 Å². The van der Waals surface area contributed by atoms with Crippen LogP contribution in [-0.2, 0) is 21.2 Å². The van der Waals surface area contributed by atoms with Crippen LogP contribution in [0.25, 0.3) is 11.1 Å². The number of hydrogen-bond acceptors (Lipinski definition) is 3. The van der Waals surface area contributed by atoms with E-state index in [0.29, 0.717) is 11.3 Å². The van der Waals surface area contributed by atoms with Crippen LogP contribution in [0.4, 0.5) is 5.69 Å². The van der Waals surface area contributed by atoms with Crippen molar-refractivity contribution in [3.05, 3.63) is 48.0 Å². The van der Waals surface area contributed by atoms with E-state index in [1.165, 1.54) is 23.6 Å². The Morgan fingerprint density at radius 3 is 2.43 bits per heavy atom. The molecule has 1 heterocycles. The van der Waals surface area contributed by atoms with Crippen molar-refractivity contribution in [3.63, 3.8) is 0 Å². The molecule has 1 N–H and O–H groups in total. The maximum Gasteiger partial charge on any atom is 0.265 e. The fourth-order valence-corrected chi connectivity index (χ4v) is 6.22. The number of rotatable bonds is 4. The lowest BCUT2D eigenvalue weighted by molar-refractivity contribution is -0.120. The normalized spacial score (nSPS) is 18.6. The molecular weight excluding hydrogens is 396 g/mol. The molecule has 2 aromatic carbocycles. The summed E-state index contributed by atoms with van der Waals surface area (Å²) in [5.41, 5.74) is 3.30. The first kappa shape index (κ1) is 20.9. The molecule has 2 aromatic rings. The molecule has 1 saturated carbocycles. The smallest absolute Gasteiger partial charge is 0.265 e. The quantitative estimate of drug-likeness (QED) is 0.774. The Morgan fingerprint density at radius 1 is 1.00 bits per heavy atom. The molecule has 30 heavy (non-hydrogen) atoms. The van der Waals surface area contributed by atoms with Crippen LogP contribution < -0.4 is 9.62 Å². The van der Waals surface area contributed by atoms with Crippen LogP contribution >= 0.6 is 0 Å². The molecule has 1 fully saturated rings. The molecule has 0 radical (unpaired) electrons. The van der Waals surface area contributed by atoms with Gasteiger partial charge in [0.05, 0.1) is 10.6 Å². The topological polar surface area (TPSA) is 66.5 Å². The largest absolute Gasteiger partial charge is 0.352 e. The number of nitrogens with zero attached hydrogens (tertiary/aromatic N) is 1. The molecule has 6 heteroatoms. The Hall–Kier alpha value is -2.34. The van der Waals surface area contributed by atoms with Crippen molar-refractivity contribution in [2.45, 2.75) is 69.2 Å². The maximum absolute atomic E-state index is 13.4. The molecule has 0 spiro atoms. The van der Waals surface area contributed by atoms with Gasteiger partial charge in [0, 0.05) is 17.2 Å². The van der Waals surface area contributed by atoms with Gasteiger partial charge >= 0.3 is 0 Å². The van der Waals surface area contributed by atoms with E-state index in [-0.39, 0.29) is 23.4 Å². The lowest BCUT2D eigenvalue weighted by atomic mass is 9.97. The highest BCUT2D eigenvalue weighted by molar-refractivity contribution is 7.93. The third-order valence-corrected chi connectivity index (χ3v) is 8.06. The summed E-state index contributed by atoms with van der Waals surface area (Å²) in [7, 11) is -3.79. The SMILES string of the molecule is CCc1ccc2c(c1)-c1ccccc1S(=O)(=O)N2CC(=O)NC1CCCCCCC1. The molecule has 4 rings (SSSR count). The van der Waals surface area contributed by atoms with Gasteiger partial charge < -0.3 is 5.32 Å². The summed E-state index contributed by atoms with van der Waals surface area (Å²) in [6, 6.07) is 13.0. The van der Waals surface area contributed by atoms with Gasteiger partial charge in [-0.25, -0.2) is 8.42 Å². The van der Waals surface area contributed by atoms with Crippen molar-refractivity contribution in [1.82, 2.24) is 5.32 Å². The zero-order valence-corrected chi connectivity index (χ0v) is 18.4. The highest BCUT2D eigenvalue weighted by Gasteiger charge is 2.36. The molecule has 0 saturated heterocycles. The van der Waals surface area contributed by atoms with E-state index in [0.717, 1.165) is 43.2 Å². The van der Waals surface area contributed by atoms with Crippen molar-refractivity contribution in [2.24, 2.45) is 0 Å². The number of anilines is 1. The highest BCUT2D eigenvalue weighted by atomic mass is 32.2. The second-order valence-electron chi connectivity index (χ2n) is 8.32. The van der Waals surface area contributed by atoms with Crippen molar-refractivity contribution in [3.8, 4) is 11.1 Å². The van der Waals surface area contributed by atoms with Crippen LogP contribution in [-0.4, -0.2) is 26.9 Å². The van der Waals surface area contributed by atoms with Gasteiger partial charge in [0.25, 0.3) is 10.0 Å². The first-order valence-corrected chi connectivity index (χ1v) is 12.5. The molecule has 0 unspecified atom stereocenters. The van der Waals surface area contributed by atoms with Crippen molar-refractivity contribution in [1.29, 1.82) is 0 Å². The molecule has 5 nitrogen and oxygen atoms in total. The van der Waals surface area contributed by atoms with E-state index in [1.807, 2.05) is 30.3 Å². The lowest BCUT2D eigenvalue weighted by Crippen LogP contribution is -2.45. The first-order chi connectivity index (χ1) is 14.5. The monoisotopic (exact) mass is 426 g/mol. The minimum Gasteiger partial charge on any atom is -0.352 e. The number of carbonyl (C=O) groups is 1. The van der Waals surface area contributed by atoms with Gasteiger partial charge in [-0.05, 0) is 43.0 Å². The second-order valence-corrected chi connectivity index (χ2v) is 10.2. The predicted octanol–water partition coefficient (Wildman–Crippen LogP) is 4.65. The van der Waals surface area contributed by atoms with E-state index in [9.17, 15) is 13.2 Å². The lowest BCUT2D eigenvalue weighted by Gasteiger charge is -2.32. The summed E-state index contributed by atoms with van der Waals surface area (Å²) < 4.78 is 28.1. The Labute approximate surface area is 179 Å². The Bertz CT molecular complexity index is 1020. The summed E-state index contributed by atoms with van der Waals surface area (Å²) in [6.45, 7) is 1.89. The summed E-state index contributed by atoms with van der Waals surface area (Å²) in [5.74, 6) is -0.228. The molecule has 2 aliphatic rings. The number of carbonyl (C=O) groups excluding carboxylic acids is 1. The summed E-state index contributed by atoms with van der Waals surface area (Å²) in [5, 5.41) is 3.10. The van der Waals surface area contributed by atoms with E-state index in [1.54, 1.807) is 12.1 Å². The van der Waals surface area contributed by atoms with E-state index in [4.69, 9.17) is 0 Å². The minimum atomic E-state index is -3.79. The van der Waals surface area contributed by atoms with Crippen LogP contribution in [0.2, 0.25) is 0 Å². The molecule has 160 valence electrons. The molecule has 0 bridgehead atoms. The molecule has 1 amide bonds. The average Bonchev–Trinajstić information content (AvgIpc) is 2.73. The van der Waals surface area contributed by atoms with Crippen LogP contribution in [0.3, 0.4) is 0 Å². The third kappa shape index (κ3) is 4.10. The molecule has 0 atom stereocenters. The van der Waals surface area contributed by atoms with Crippen molar-refractivity contribution < 1.29 is 13.2 Å². The fraction of sp³-hybridized carbons (Fsp3) is 0.458. The van der Waals surface area contributed by atoms with E-state index in [2.05, 4.69) is 12.2 Å². The van der Waals surface area contributed by atoms with Gasteiger partial charge in [-0.15, -0.1) is 0 Å². The van der Waals surface area contributed by atoms with Gasteiger partial charge in [0.2, 0.25) is 5.91 Å². The number of amides is 1. The zero-order chi connectivity index (χ0) is 21.1. The van der Waals surface area contributed by atoms with Crippen molar-refractivity contribution >= 4 is 21.6 Å². The van der Waals surface area contributed by atoms with Gasteiger partial charge in [0.15, 0.2) is 0 Å². The first-order valence-electron chi connectivity index (χ1n) is 11.0. The molecular formula is C24H30N2O3S.